The van der Waals surface area contributed by atoms with Gasteiger partial charge in [-0.2, -0.15) is 0 Å². The van der Waals surface area contributed by atoms with Gasteiger partial charge in [-0.15, -0.1) is 0 Å². The maximum atomic E-state index is 10.9. The van der Waals surface area contributed by atoms with Crippen LogP contribution in [0.25, 0.3) is 0 Å². The first-order chi connectivity index (χ1) is 8.45. The second kappa shape index (κ2) is 5.80. The predicted molar refractivity (Wildman–Crippen MR) is 60.6 cm³/mol. The third kappa shape index (κ3) is 3.30. The number of nitrogens with zero attached hydrogens (tertiary/aromatic N) is 2. The molecule has 18 heavy (non-hydrogen) atoms. The zero-order chi connectivity index (χ0) is 13.7. The van der Waals surface area contributed by atoms with Crippen LogP contribution in [0.2, 0.25) is 0 Å². The topological polar surface area (TPSA) is 122 Å². The molecule has 0 aliphatic heterocycles. The van der Waals surface area contributed by atoms with Crippen LogP contribution in [0.15, 0.2) is 6.33 Å². The van der Waals surface area contributed by atoms with Crippen LogP contribution in [0.1, 0.15) is 12.0 Å². The lowest BCUT2D eigenvalue weighted by atomic mass is 10.2. The first-order valence-corrected chi connectivity index (χ1v) is 5.02. The highest BCUT2D eigenvalue weighted by atomic mass is 16.5. The SMILES string of the molecule is COc1ncnc(NC(CC(=O)O)C(=O)O)c1C. The monoisotopic (exact) mass is 255 g/mol. The summed E-state index contributed by atoms with van der Waals surface area (Å²) in [6.07, 6.45) is 0.648. The number of aliphatic carboxylic acids is 2. The van der Waals surface area contributed by atoms with Gasteiger partial charge in [0.2, 0.25) is 5.88 Å². The van der Waals surface area contributed by atoms with Crippen LogP contribution in [-0.4, -0.2) is 45.3 Å². The zero-order valence-electron chi connectivity index (χ0n) is 9.88. The van der Waals surface area contributed by atoms with Gasteiger partial charge in [-0.3, -0.25) is 4.79 Å². The molecule has 3 N–H and O–H groups in total. The Hall–Kier alpha value is -2.38. The first-order valence-electron chi connectivity index (χ1n) is 5.02. The van der Waals surface area contributed by atoms with E-state index in [2.05, 4.69) is 15.3 Å². The minimum atomic E-state index is -1.27. The molecule has 8 nitrogen and oxygen atoms in total. The lowest BCUT2D eigenvalue weighted by Gasteiger charge is -2.15. The summed E-state index contributed by atoms with van der Waals surface area (Å²) < 4.78 is 4.95. The van der Waals surface area contributed by atoms with E-state index in [1.165, 1.54) is 13.4 Å². The van der Waals surface area contributed by atoms with Crippen LogP contribution in [0.4, 0.5) is 5.82 Å². The molecule has 0 aromatic carbocycles. The molecule has 98 valence electrons. The van der Waals surface area contributed by atoms with Gasteiger partial charge in [0.1, 0.15) is 18.2 Å². The van der Waals surface area contributed by atoms with Gasteiger partial charge in [0, 0.05) is 0 Å². The fourth-order valence-electron chi connectivity index (χ4n) is 1.33. The minimum Gasteiger partial charge on any atom is -0.481 e. The maximum Gasteiger partial charge on any atom is 0.326 e. The fourth-order valence-corrected chi connectivity index (χ4v) is 1.33. The van der Waals surface area contributed by atoms with Crippen molar-refractivity contribution >= 4 is 17.8 Å². The van der Waals surface area contributed by atoms with Gasteiger partial charge in [-0.25, -0.2) is 14.8 Å². The molecule has 1 rings (SSSR count). The van der Waals surface area contributed by atoms with E-state index in [1.54, 1.807) is 6.92 Å². The molecule has 1 aromatic rings. The standard InChI is InChI=1S/C10H13N3O5/c1-5-8(11-4-12-9(5)18-2)13-6(10(16)17)3-7(14)15/h4,6H,3H2,1-2H3,(H,14,15)(H,16,17)(H,11,12,13). The third-order valence-electron chi connectivity index (χ3n) is 2.22. The summed E-state index contributed by atoms with van der Waals surface area (Å²) in [5.41, 5.74) is 0.511. The molecule has 0 saturated carbocycles. The highest BCUT2D eigenvalue weighted by Gasteiger charge is 2.22. The molecule has 0 aliphatic rings. The van der Waals surface area contributed by atoms with Crippen LogP contribution in [0.3, 0.4) is 0 Å². The molecule has 1 heterocycles. The van der Waals surface area contributed by atoms with Gasteiger partial charge in [-0.1, -0.05) is 0 Å². The molecule has 0 amide bonds. The molecular formula is C10H13N3O5. The van der Waals surface area contributed by atoms with Gasteiger partial charge in [-0.05, 0) is 6.92 Å². The fraction of sp³-hybridized carbons (Fsp3) is 0.400. The Kier molecular flexibility index (Phi) is 4.41. The summed E-state index contributed by atoms with van der Waals surface area (Å²) in [6, 6.07) is -1.26. The Morgan fingerprint density at radius 1 is 1.44 bits per heavy atom. The molecule has 0 fully saturated rings. The average Bonchev–Trinajstić information content (AvgIpc) is 2.30. The smallest absolute Gasteiger partial charge is 0.326 e. The lowest BCUT2D eigenvalue weighted by Crippen LogP contribution is -2.32. The Balaban J connectivity index is 2.93. The number of nitrogens with one attached hydrogen (secondary N) is 1. The Bertz CT molecular complexity index is 463. The summed E-state index contributed by atoms with van der Waals surface area (Å²) in [5, 5.41) is 20.1. The van der Waals surface area contributed by atoms with Gasteiger partial charge in [0.15, 0.2) is 0 Å². The number of hydrogen-bond donors (Lipinski definition) is 3. The quantitative estimate of drug-likeness (QED) is 0.655. The molecular weight excluding hydrogens is 242 g/mol. The van der Waals surface area contributed by atoms with E-state index in [0.29, 0.717) is 11.4 Å². The van der Waals surface area contributed by atoms with E-state index in [9.17, 15) is 9.59 Å². The number of hydrogen-bond acceptors (Lipinski definition) is 6. The van der Waals surface area contributed by atoms with Crippen molar-refractivity contribution in [2.75, 3.05) is 12.4 Å². The van der Waals surface area contributed by atoms with Crippen molar-refractivity contribution in [2.45, 2.75) is 19.4 Å². The summed E-state index contributed by atoms with van der Waals surface area (Å²) in [6.45, 7) is 1.64. The van der Waals surface area contributed by atoms with Gasteiger partial charge in [0.25, 0.3) is 0 Å². The second-order valence-electron chi connectivity index (χ2n) is 3.49. The molecule has 0 radical (unpaired) electrons. The van der Waals surface area contributed by atoms with Crippen LogP contribution >= 0.6 is 0 Å². The van der Waals surface area contributed by atoms with Crippen molar-refractivity contribution in [1.82, 2.24) is 9.97 Å². The van der Waals surface area contributed by atoms with Gasteiger partial charge in [0.05, 0.1) is 19.1 Å². The van der Waals surface area contributed by atoms with Crippen LogP contribution < -0.4 is 10.1 Å². The molecule has 1 unspecified atom stereocenters. The summed E-state index contributed by atoms with van der Waals surface area (Å²) >= 11 is 0. The third-order valence-corrected chi connectivity index (χ3v) is 2.22. The lowest BCUT2D eigenvalue weighted by molar-refractivity contribution is -0.144. The van der Waals surface area contributed by atoms with E-state index in [-0.39, 0.29) is 5.82 Å². The highest BCUT2D eigenvalue weighted by molar-refractivity contribution is 5.83. The Morgan fingerprint density at radius 2 is 2.11 bits per heavy atom. The van der Waals surface area contributed by atoms with Crippen molar-refractivity contribution in [3.63, 3.8) is 0 Å². The van der Waals surface area contributed by atoms with E-state index in [4.69, 9.17) is 14.9 Å². The van der Waals surface area contributed by atoms with E-state index >= 15 is 0 Å². The van der Waals surface area contributed by atoms with Crippen molar-refractivity contribution in [3.05, 3.63) is 11.9 Å². The average molecular weight is 255 g/mol. The molecule has 1 atom stereocenters. The van der Waals surface area contributed by atoms with Gasteiger partial charge >= 0.3 is 11.9 Å². The second-order valence-corrected chi connectivity index (χ2v) is 3.49. The number of aromatic nitrogens is 2. The predicted octanol–water partition coefficient (Wildman–Crippen LogP) is 0.133. The largest absolute Gasteiger partial charge is 0.481 e. The van der Waals surface area contributed by atoms with Gasteiger partial charge < -0.3 is 20.3 Å². The summed E-state index contributed by atoms with van der Waals surface area (Å²) in [5.74, 6) is -1.95. The van der Waals surface area contributed by atoms with Crippen molar-refractivity contribution in [2.24, 2.45) is 0 Å². The number of carbonyl (C=O) groups is 2. The number of rotatable bonds is 6. The Labute approximate surface area is 103 Å². The summed E-state index contributed by atoms with van der Waals surface area (Å²) in [4.78, 5) is 29.1. The summed E-state index contributed by atoms with van der Waals surface area (Å²) in [7, 11) is 1.42. The number of ether oxygens (including phenoxy) is 1. The van der Waals surface area contributed by atoms with Crippen LogP contribution in [0, 0.1) is 6.92 Å². The van der Waals surface area contributed by atoms with Crippen molar-refractivity contribution in [3.8, 4) is 5.88 Å². The van der Waals surface area contributed by atoms with Crippen LogP contribution in [0.5, 0.6) is 5.88 Å². The number of anilines is 1. The normalized spacial score (nSPS) is 11.7. The number of carboxylic acids is 2. The zero-order valence-corrected chi connectivity index (χ0v) is 9.88. The maximum absolute atomic E-state index is 10.9. The minimum absolute atomic E-state index is 0.232. The van der Waals surface area contributed by atoms with E-state index < -0.39 is 24.4 Å². The number of carboxylic acid groups (broad SMARTS) is 2. The van der Waals surface area contributed by atoms with Crippen molar-refractivity contribution < 1.29 is 24.5 Å². The van der Waals surface area contributed by atoms with E-state index in [1.807, 2.05) is 0 Å². The highest BCUT2D eigenvalue weighted by Crippen LogP contribution is 2.20. The molecule has 8 heteroatoms. The molecule has 0 aliphatic carbocycles. The van der Waals surface area contributed by atoms with Crippen LogP contribution in [-0.2, 0) is 9.59 Å². The Morgan fingerprint density at radius 3 is 2.61 bits per heavy atom. The molecule has 0 spiro atoms. The first kappa shape index (κ1) is 13.7. The molecule has 1 aromatic heterocycles. The van der Waals surface area contributed by atoms with E-state index in [0.717, 1.165) is 0 Å². The number of methoxy groups -OCH3 is 1. The molecule has 0 bridgehead atoms. The molecule has 0 saturated heterocycles. The van der Waals surface area contributed by atoms with Crippen molar-refractivity contribution in [1.29, 1.82) is 0 Å².